The van der Waals surface area contributed by atoms with E-state index >= 15 is 0 Å². The van der Waals surface area contributed by atoms with E-state index in [1.165, 1.54) is 38.5 Å². The van der Waals surface area contributed by atoms with Gasteiger partial charge in [0.2, 0.25) is 0 Å². The van der Waals surface area contributed by atoms with Gasteiger partial charge in [-0.1, -0.05) is 40.5 Å². The van der Waals surface area contributed by atoms with Crippen LogP contribution in [0.25, 0.3) is 0 Å². The fourth-order valence-corrected chi connectivity index (χ4v) is 3.64. The summed E-state index contributed by atoms with van der Waals surface area (Å²) >= 11 is 0. The van der Waals surface area contributed by atoms with Crippen LogP contribution in [0.1, 0.15) is 66.2 Å². The highest BCUT2D eigenvalue weighted by Crippen LogP contribution is 2.38. The molecule has 0 aromatic carbocycles. The Hall–Kier alpha value is -0.0400. The summed E-state index contributed by atoms with van der Waals surface area (Å²) in [6.45, 7) is 9.33. The molecule has 2 atom stereocenters. The summed E-state index contributed by atoms with van der Waals surface area (Å²) in [7, 11) is 0. The van der Waals surface area contributed by atoms with Crippen molar-refractivity contribution >= 4 is 0 Å². The fraction of sp³-hybridized carbons (Fsp3) is 1.00. The third-order valence-corrected chi connectivity index (χ3v) is 4.16. The zero-order valence-corrected chi connectivity index (χ0v) is 11.1. The van der Waals surface area contributed by atoms with Crippen LogP contribution >= 0.6 is 0 Å². The van der Waals surface area contributed by atoms with Crippen LogP contribution in [0.5, 0.6) is 0 Å². The van der Waals surface area contributed by atoms with E-state index in [1.54, 1.807) is 0 Å². The smallest absolute Gasteiger partial charge is 0.0162 e. The Morgan fingerprint density at radius 2 is 1.60 bits per heavy atom. The number of rotatable bonds is 4. The van der Waals surface area contributed by atoms with E-state index < -0.39 is 0 Å². The van der Waals surface area contributed by atoms with E-state index in [-0.39, 0.29) is 5.54 Å². The Bertz CT molecular complexity index is 174. The lowest BCUT2D eigenvalue weighted by Gasteiger charge is -2.42. The minimum absolute atomic E-state index is 0.147. The van der Waals surface area contributed by atoms with Gasteiger partial charge in [0.15, 0.2) is 0 Å². The molecule has 1 heteroatoms. The van der Waals surface area contributed by atoms with Gasteiger partial charge in [0.25, 0.3) is 0 Å². The molecule has 0 aliphatic heterocycles. The van der Waals surface area contributed by atoms with Crippen LogP contribution in [0, 0.1) is 17.8 Å². The van der Waals surface area contributed by atoms with Crippen LogP contribution in [0.4, 0.5) is 0 Å². The molecule has 1 nitrogen and oxygen atoms in total. The molecule has 1 rings (SSSR count). The average molecular weight is 211 g/mol. The van der Waals surface area contributed by atoms with Crippen LogP contribution in [0.15, 0.2) is 0 Å². The predicted molar refractivity (Wildman–Crippen MR) is 67.8 cm³/mol. The summed E-state index contributed by atoms with van der Waals surface area (Å²) in [6, 6.07) is 0. The van der Waals surface area contributed by atoms with Crippen molar-refractivity contribution in [2.75, 3.05) is 0 Å². The Kier molecular flexibility index (Phi) is 4.64. The molecule has 0 radical (unpaired) electrons. The third-order valence-electron chi connectivity index (χ3n) is 4.16. The van der Waals surface area contributed by atoms with Gasteiger partial charge in [-0.15, -0.1) is 0 Å². The first kappa shape index (κ1) is 13.0. The van der Waals surface area contributed by atoms with Gasteiger partial charge in [-0.2, -0.15) is 0 Å². The van der Waals surface area contributed by atoms with Crippen LogP contribution in [0.2, 0.25) is 0 Å². The topological polar surface area (TPSA) is 26.0 Å². The van der Waals surface area contributed by atoms with Crippen LogP contribution in [0.3, 0.4) is 0 Å². The summed E-state index contributed by atoms with van der Waals surface area (Å²) in [5.41, 5.74) is 6.74. The van der Waals surface area contributed by atoms with Crippen molar-refractivity contribution in [2.24, 2.45) is 23.5 Å². The van der Waals surface area contributed by atoms with Gasteiger partial charge < -0.3 is 5.73 Å². The van der Waals surface area contributed by atoms with Gasteiger partial charge in [-0.05, 0) is 43.4 Å². The number of hydrogen-bond donors (Lipinski definition) is 1. The molecular formula is C14H29N. The SMILES string of the molecule is CCC(CC)CC1(N)CC(C)CC(C)C1. The molecular weight excluding hydrogens is 182 g/mol. The normalized spacial score (nSPS) is 37.2. The molecule has 15 heavy (non-hydrogen) atoms. The van der Waals surface area contributed by atoms with Gasteiger partial charge in [0.1, 0.15) is 0 Å². The quantitative estimate of drug-likeness (QED) is 0.748. The Balaban J connectivity index is 2.56. The second kappa shape index (κ2) is 5.34. The van der Waals surface area contributed by atoms with Gasteiger partial charge in [-0.25, -0.2) is 0 Å². The van der Waals surface area contributed by atoms with Gasteiger partial charge >= 0.3 is 0 Å². The Labute approximate surface area is 95.8 Å². The summed E-state index contributed by atoms with van der Waals surface area (Å²) < 4.78 is 0. The summed E-state index contributed by atoms with van der Waals surface area (Å²) in [5, 5.41) is 0. The second-order valence-electron chi connectivity index (χ2n) is 6.10. The maximum atomic E-state index is 6.59. The van der Waals surface area contributed by atoms with Crippen LogP contribution < -0.4 is 5.73 Å². The molecule has 0 amide bonds. The fourth-order valence-electron chi connectivity index (χ4n) is 3.64. The lowest BCUT2D eigenvalue weighted by atomic mass is 9.68. The molecule has 1 aliphatic rings. The number of nitrogens with two attached hydrogens (primary N) is 1. The summed E-state index contributed by atoms with van der Waals surface area (Å²) in [6.07, 6.45) is 7.69. The second-order valence-corrected chi connectivity index (χ2v) is 6.10. The predicted octanol–water partition coefficient (Wildman–Crippen LogP) is 3.97. The molecule has 0 heterocycles. The largest absolute Gasteiger partial charge is 0.325 e. The highest BCUT2D eigenvalue weighted by atomic mass is 14.8. The van der Waals surface area contributed by atoms with E-state index in [2.05, 4.69) is 27.7 Å². The lowest BCUT2D eigenvalue weighted by Crippen LogP contribution is -2.47. The van der Waals surface area contributed by atoms with Crippen molar-refractivity contribution < 1.29 is 0 Å². The number of hydrogen-bond acceptors (Lipinski definition) is 1. The minimum atomic E-state index is 0.147. The maximum Gasteiger partial charge on any atom is 0.0162 e. The average Bonchev–Trinajstić information content (AvgIpc) is 2.12. The molecule has 1 aliphatic carbocycles. The molecule has 0 saturated heterocycles. The van der Waals surface area contributed by atoms with Crippen molar-refractivity contribution in [3.8, 4) is 0 Å². The zero-order valence-electron chi connectivity index (χ0n) is 11.1. The molecule has 2 N–H and O–H groups in total. The highest BCUT2D eigenvalue weighted by Gasteiger charge is 2.35. The van der Waals surface area contributed by atoms with Crippen molar-refractivity contribution in [3.63, 3.8) is 0 Å². The highest BCUT2D eigenvalue weighted by molar-refractivity contribution is 4.93. The Morgan fingerprint density at radius 3 is 2.00 bits per heavy atom. The van der Waals surface area contributed by atoms with Crippen LogP contribution in [-0.2, 0) is 0 Å². The Morgan fingerprint density at radius 1 is 1.13 bits per heavy atom. The van der Waals surface area contributed by atoms with Crippen molar-refractivity contribution in [1.82, 2.24) is 0 Å². The monoisotopic (exact) mass is 211 g/mol. The van der Waals surface area contributed by atoms with Crippen molar-refractivity contribution in [3.05, 3.63) is 0 Å². The van der Waals surface area contributed by atoms with E-state index in [0.717, 1.165) is 17.8 Å². The molecule has 1 saturated carbocycles. The third kappa shape index (κ3) is 3.79. The van der Waals surface area contributed by atoms with Gasteiger partial charge in [-0.3, -0.25) is 0 Å². The molecule has 0 aromatic rings. The van der Waals surface area contributed by atoms with E-state index in [9.17, 15) is 0 Å². The maximum absolute atomic E-state index is 6.59. The van der Waals surface area contributed by atoms with E-state index in [4.69, 9.17) is 5.73 Å². The van der Waals surface area contributed by atoms with Crippen molar-refractivity contribution in [1.29, 1.82) is 0 Å². The van der Waals surface area contributed by atoms with Gasteiger partial charge in [0.05, 0.1) is 0 Å². The zero-order chi connectivity index (χ0) is 11.5. The molecule has 1 fully saturated rings. The van der Waals surface area contributed by atoms with E-state index in [1.807, 2.05) is 0 Å². The summed E-state index contributed by atoms with van der Waals surface area (Å²) in [4.78, 5) is 0. The molecule has 2 unspecified atom stereocenters. The first-order valence-electron chi connectivity index (χ1n) is 6.78. The van der Waals surface area contributed by atoms with Crippen LogP contribution in [-0.4, -0.2) is 5.54 Å². The minimum Gasteiger partial charge on any atom is -0.325 e. The van der Waals surface area contributed by atoms with Crippen molar-refractivity contribution in [2.45, 2.75) is 71.8 Å². The van der Waals surface area contributed by atoms with Gasteiger partial charge in [0, 0.05) is 5.54 Å². The first-order valence-corrected chi connectivity index (χ1v) is 6.78. The first-order chi connectivity index (χ1) is 6.99. The molecule has 90 valence electrons. The standard InChI is InChI=1S/C14H29N/c1-5-13(6-2)10-14(15)8-11(3)7-12(4)9-14/h11-13H,5-10,15H2,1-4H3. The van der Waals surface area contributed by atoms with E-state index in [0.29, 0.717) is 0 Å². The molecule has 0 aromatic heterocycles. The lowest BCUT2D eigenvalue weighted by molar-refractivity contribution is 0.150. The molecule has 0 bridgehead atoms. The molecule has 0 spiro atoms. The summed E-state index contributed by atoms with van der Waals surface area (Å²) in [5.74, 6) is 2.49.